The Hall–Kier alpha value is -0.900. The second-order valence-electron chi connectivity index (χ2n) is 3.11. The smallest absolute Gasteiger partial charge is 0.0184 e. The van der Waals surface area contributed by atoms with Crippen LogP contribution in [0.15, 0.2) is 12.1 Å². The van der Waals surface area contributed by atoms with Gasteiger partial charge in [0, 0.05) is 19.6 Å². The summed E-state index contributed by atoms with van der Waals surface area (Å²) in [4.78, 5) is 0. The zero-order chi connectivity index (χ0) is 9.84. The molecule has 0 aliphatic heterocycles. The van der Waals surface area contributed by atoms with E-state index in [0.29, 0.717) is 19.6 Å². The van der Waals surface area contributed by atoms with Crippen LogP contribution in [0.5, 0.6) is 0 Å². The first-order valence-electron chi connectivity index (χ1n) is 4.45. The highest BCUT2D eigenvalue weighted by atomic mass is 14.6. The Morgan fingerprint density at radius 2 is 1.54 bits per heavy atom. The molecule has 6 N–H and O–H groups in total. The van der Waals surface area contributed by atoms with Crippen LogP contribution in [0.3, 0.4) is 0 Å². The molecule has 0 bridgehead atoms. The van der Waals surface area contributed by atoms with Gasteiger partial charge in [0.25, 0.3) is 0 Å². The van der Waals surface area contributed by atoms with Gasteiger partial charge in [0.2, 0.25) is 0 Å². The number of nitrogens with two attached hydrogens (primary N) is 3. The zero-order valence-corrected chi connectivity index (χ0v) is 8.01. The summed E-state index contributed by atoms with van der Waals surface area (Å²) in [5.74, 6) is 0. The summed E-state index contributed by atoms with van der Waals surface area (Å²) in [6.07, 6.45) is 0. The lowest BCUT2D eigenvalue weighted by atomic mass is 9.96. The molecule has 0 atom stereocenters. The molecule has 1 aromatic carbocycles. The number of aryl methyl sites for hydroxylation is 1. The van der Waals surface area contributed by atoms with Gasteiger partial charge in [0.05, 0.1) is 0 Å². The first-order valence-corrected chi connectivity index (χ1v) is 4.45. The predicted molar refractivity (Wildman–Crippen MR) is 54.9 cm³/mol. The molecule has 0 fully saturated rings. The molecule has 0 radical (unpaired) electrons. The molecule has 0 aliphatic rings. The molecule has 13 heavy (non-hydrogen) atoms. The highest BCUT2D eigenvalue weighted by Crippen LogP contribution is 2.17. The third-order valence-corrected chi connectivity index (χ3v) is 2.39. The molecule has 0 spiro atoms. The molecule has 0 aromatic heterocycles. The van der Waals surface area contributed by atoms with Gasteiger partial charge in [-0.25, -0.2) is 0 Å². The van der Waals surface area contributed by atoms with Crippen LogP contribution in [0, 0.1) is 6.92 Å². The Morgan fingerprint density at radius 3 is 2.00 bits per heavy atom. The van der Waals surface area contributed by atoms with Crippen molar-refractivity contribution in [1.82, 2.24) is 0 Å². The van der Waals surface area contributed by atoms with Crippen molar-refractivity contribution in [3.8, 4) is 0 Å². The average molecular weight is 179 g/mol. The first-order chi connectivity index (χ1) is 6.24. The lowest BCUT2D eigenvalue weighted by Crippen LogP contribution is -2.13. The normalized spacial score (nSPS) is 10.5. The van der Waals surface area contributed by atoms with E-state index in [4.69, 9.17) is 17.2 Å². The summed E-state index contributed by atoms with van der Waals surface area (Å²) in [7, 11) is 0. The molecule has 0 aliphatic carbocycles. The number of benzene rings is 1. The summed E-state index contributed by atoms with van der Waals surface area (Å²) >= 11 is 0. The maximum atomic E-state index is 5.66. The highest BCUT2D eigenvalue weighted by molar-refractivity contribution is 5.40. The first kappa shape index (κ1) is 10.2. The van der Waals surface area contributed by atoms with Crippen molar-refractivity contribution in [2.45, 2.75) is 26.6 Å². The van der Waals surface area contributed by atoms with E-state index in [1.54, 1.807) is 0 Å². The van der Waals surface area contributed by atoms with Crippen LogP contribution in [0.2, 0.25) is 0 Å². The fourth-order valence-electron chi connectivity index (χ4n) is 1.59. The lowest BCUT2D eigenvalue weighted by Gasteiger charge is -2.13. The highest BCUT2D eigenvalue weighted by Gasteiger charge is 2.06. The number of hydrogen-bond donors (Lipinski definition) is 3. The fourth-order valence-corrected chi connectivity index (χ4v) is 1.59. The second-order valence-corrected chi connectivity index (χ2v) is 3.11. The molecule has 3 heteroatoms. The van der Waals surface area contributed by atoms with Gasteiger partial charge < -0.3 is 17.2 Å². The molecular formula is C10H17N3. The van der Waals surface area contributed by atoms with Crippen molar-refractivity contribution >= 4 is 0 Å². The molecule has 1 aromatic rings. The van der Waals surface area contributed by atoms with Gasteiger partial charge in [-0.3, -0.25) is 0 Å². The van der Waals surface area contributed by atoms with Crippen molar-refractivity contribution in [1.29, 1.82) is 0 Å². The molecule has 1 rings (SSSR count). The summed E-state index contributed by atoms with van der Waals surface area (Å²) in [6.45, 7) is 3.62. The van der Waals surface area contributed by atoms with Crippen molar-refractivity contribution in [2.24, 2.45) is 17.2 Å². The Kier molecular flexibility index (Phi) is 3.42. The monoisotopic (exact) mass is 179 g/mol. The third-order valence-electron chi connectivity index (χ3n) is 2.39. The van der Waals surface area contributed by atoms with E-state index in [1.165, 1.54) is 5.56 Å². The van der Waals surface area contributed by atoms with Crippen molar-refractivity contribution in [3.63, 3.8) is 0 Å². The summed E-state index contributed by atoms with van der Waals surface area (Å²) < 4.78 is 0. The van der Waals surface area contributed by atoms with Gasteiger partial charge in [0.1, 0.15) is 0 Å². The topological polar surface area (TPSA) is 78.1 Å². The quantitative estimate of drug-likeness (QED) is 0.627. The number of hydrogen-bond acceptors (Lipinski definition) is 3. The molecule has 0 saturated carbocycles. The van der Waals surface area contributed by atoms with Gasteiger partial charge in [-0.15, -0.1) is 0 Å². The summed E-state index contributed by atoms with van der Waals surface area (Å²) in [5.41, 5.74) is 21.5. The molecular weight excluding hydrogens is 162 g/mol. The van der Waals surface area contributed by atoms with Crippen LogP contribution in [0.25, 0.3) is 0 Å². The SMILES string of the molecule is Cc1ccc(CN)c(CN)c1CN. The van der Waals surface area contributed by atoms with Gasteiger partial charge in [0.15, 0.2) is 0 Å². The summed E-state index contributed by atoms with van der Waals surface area (Å²) in [6, 6.07) is 4.07. The van der Waals surface area contributed by atoms with Crippen LogP contribution >= 0.6 is 0 Å². The van der Waals surface area contributed by atoms with E-state index in [-0.39, 0.29) is 0 Å². The Morgan fingerprint density at radius 1 is 0.923 bits per heavy atom. The minimum absolute atomic E-state index is 0.515. The van der Waals surface area contributed by atoms with E-state index in [1.807, 2.05) is 19.1 Å². The van der Waals surface area contributed by atoms with E-state index in [0.717, 1.165) is 16.7 Å². The molecule has 0 unspecified atom stereocenters. The van der Waals surface area contributed by atoms with Crippen LogP contribution in [-0.4, -0.2) is 0 Å². The molecule has 0 heterocycles. The number of rotatable bonds is 3. The van der Waals surface area contributed by atoms with Gasteiger partial charge >= 0.3 is 0 Å². The van der Waals surface area contributed by atoms with Crippen LogP contribution in [-0.2, 0) is 19.6 Å². The minimum atomic E-state index is 0.515. The summed E-state index contributed by atoms with van der Waals surface area (Å²) in [5, 5.41) is 0. The third kappa shape index (κ3) is 1.88. The predicted octanol–water partition coefficient (Wildman–Crippen LogP) is 0.371. The van der Waals surface area contributed by atoms with Crippen LogP contribution in [0.4, 0.5) is 0 Å². The minimum Gasteiger partial charge on any atom is -0.326 e. The van der Waals surface area contributed by atoms with Gasteiger partial charge in [-0.2, -0.15) is 0 Å². The van der Waals surface area contributed by atoms with E-state index < -0.39 is 0 Å². The van der Waals surface area contributed by atoms with Gasteiger partial charge in [-0.05, 0) is 29.2 Å². The van der Waals surface area contributed by atoms with E-state index >= 15 is 0 Å². The maximum absolute atomic E-state index is 5.66. The van der Waals surface area contributed by atoms with Crippen molar-refractivity contribution < 1.29 is 0 Å². The molecule has 0 saturated heterocycles. The van der Waals surface area contributed by atoms with E-state index in [2.05, 4.69) is 0 Å². The zero-order valence-electron chi connectivity index (χ0n) is 8.01. The van der Waals surface area contributed by atoms with Crippen molar-refractivity contribution in [3.05, 3.63) is 34.4 Å². The maximum Gasteiger partial charge on any atom is 0.0184 e. The van der Waals surface area contributed by atoms with Gasteiger partial charge in [-0.1, -0.05) is 12.1 Å². The average Bonchev–Trinajstić information content (AvgIpc) is 2.17. The molecule has 3 nitrogen and oxygen atoms in total. The largest absolute Gasteiger partial charge is 0.326 e. The van der Waals surface area contributed by atoms with Crippen LogP contribution < -0.4 is 17.2 Å². The van der Waals surface area contributed by atoms with E-state index in [9.17, 15) is 0 Å². The Labute approximate surface area is 78.9 Å². The Balaban J connectivity index is 3.27. The molecule has 0 amide bonds. The standard InChI is InChI=1S/C10H17N3/c1-7-2-3-8(4-11)10(6-13)9(7)5-12/h2-3H,4-6,11-13H2,1H3. The Bertz CT molecular complexity index is 294. The fraction of sp³-hybridized carbons (Fsp3) is 0.400. The van der Waals surface area contributed by atoms with Crippen molar-refractivity contribution in [2.75, 3.05) is 0 Å². The van der Waals surface area contributed by atoms with Crippen LogP contribution in [0.1, 0.15) is 22.3 Å². The lowest BCUT2D eigenvalue weighted by molar-refractivity contribution is 0.919. The second kappa shape index (κ2) is 4.37. The molecule has 72 valence electrons.